The molecule has 12 aromatic rings. The number of rotatable bonds is 6. The van der Waals surface area contributed by atoms with Gasteiger partial charge in [0.25, 0.3) is 0 Å². The van der Waals surface area contributed by atoms with E-state index in [1.165, 1.54) is 44.5 Å². The Kier molecular flexibility index (Phi) is 9.47. The molecule has 0 saturated carbocycles. The summed E-state index contributed by atoms with van der Waals surface area (Å²) in [6.07, 6.45) is 0. The van der Waals surface area contributed by atoms with Crippen molar-refractivity contribution >= 4 is 17.1 Å². The Hall–Kier alpha value is -9.96. The zero-order chi connectivity index (χ0) is 50.7. The van der Waals surface area contributed by atoms with E-state index in [-0.39, 0.29) is 0 Å². The van der Waals surface area contributed by atoms with Crippen LogP contribution in [0.15, 0.2) is 285 Å². The lowest BCUT2D eigenvalue weighted by Gasteiger charge is -2.39. The van der Waals surface area contributed by atoms with Crippen molar-refractivity contribution < 1.29 is 9.47 Å². The minimum atomic E-state index is -0.593. The Morgan fingerprint density at radius 1 is 0.221 bits per heavy atom. The molecule has 2 spiro atoms. The van der Waals surface area contributed by atoms with Gasteiger partial charge in [-0.15, -0.1) is 0 Å². The molecule has 3 heteroatoms. The molecule has 0 atom stereocenters. The van der Waals surface area contributed by atoms with E-state index in [1.807, 2.05) is 0 Å². The maximum atomic E-state index is 6.72. The van der Waals surface area contributed by atoms with E-state index < -0.39 is 10.8 Å². The fraction of sp³-hybridized carbons (Fsp3) is 0.0270. The molecule has 4 aliphatic rings. The Bertz CT molecular complexity index is 4290. The second kappa shape index (κ2) is 16.8. The number of para-hydroxylation sites is 6. The van der Waals surface area contributed by atoms with E-state index in [9.17, 15) is 0 Å². The summed E-state index contributed by atoms with van der Waals surface area (Å²) in [5, 5.41) is 0. The molecule has 0 radical (unpaired) electrons. The topological polar surface area (TPSA) is 21.7 Å². The van der Waals surface area contributed by atoms with E-state index in [4.69, 9.17) is 9.47 Å². The number of hydrogen-bond donors (Lipinski definition) is 0. The number of benzene rings is 12. The minimum absolute atomic E-state index is 0.531. The molecule has 2 heterocycles. The van der Waals surface area contributed by atoms with Gasteiger partial charge in [-0.2, -0.15) is 0 Å². The van der Waals surface area contributed by atoms with Crippen LogP contribution in [0.3, 0.4) is 0 Å². The van der Waals surface area contributed by atoms with Crippen LogP contribution in [0.25, 0.3) is 55.6 Å². The van der Waals surface area contributed by atoms with Crippen molar-refractivity contribution in [2.75, 3.05) is 4.90 Å². The van der Waals surface area contributed by atoms with Crippen LogP contribution < -0.4 is 14.4 Å². The lowest BCUT2D eigenvalue weighted by molar-refractivity contribution is 0.436. The zero-order valence-electron chi connectivity index (χ0n) is 41.9. The lowest BCUT2D eigenvalue weighted by Crippen LogP contribution is -2.32. The summed E-state index contributed by atoms with van der Waals surface area (Å²) in [7, 11) is 0. The van der Waals surface area contributed by atoms with Crippen LogP contribution in [-0.4, -0.2) is 0 Å². The molecule has 16 rings (SSSR count). The van der Waals surface area contributed by atoms with Crippen molar-refractivity contribution in [2.24, 2.45) is 0 Å². The third-order valence-corrected chi connectivity index (χ3v) is 16.8. The van der Waals surface area contributed by atoms with Crippen molar-refractivity contribution in [3.8, 4) is 78.6 Å². The molecule has 0 bridgehead atoms. The summed E-state index contributed by atoms with van der Waals surface area (Å²) in [4.78, 5) is 2.48. The fourth-order valence-electron chi connectivity index (χ4n) is 13.7. The lowest BCUT2D eigenvalue weighted by atomic mass is 9.66. The molecule has 0 saturated heterocycles. The third-order valence-electron chi connectivity index (χ3n) is 16.8. The SMILES string of the molecule is c1ccc(-c2ccccc2N(c2cccc(-c3ccc4c(c3)-c3ccccc3C43c4ccccc4Oc4ccccc43)c2)c2ccccc2-c2ccc3c(c2)C2(c4ccccc4Oc4ccccc42)c2ccccc2-3)cc1. The molecular weight excluding hydrogens is 935 g/mol. The molecule has 0 N–H and O–H groups in total. The summed E-state index contributed by atoms with van der Waals surface area (Å²) in [6, 6.07) is 104. The number of fused-ring (bicyclic) bond motifs is 18. The zero-order valence-corrected chi connectivity index (χ0v) is 41.9. The maximum Gasteiger partial charge on any atom is 0.132 e. The summed E-state index contributed by atoms with van der Waals surface area (Å²) < 4.78 is 13.4. The van der Waals surface area contributed by atoms with E-state index in [0.29, 0.717) is 0 Å². The molecule has 2 aliphatic carbocycles. The highest BCUT2D eigenvalue weighted by molar-refractivity contribution is 5.97. The molecule has 0 fully saturated rings. The molecule has 3 nitrogen and oxygen atoms in total. The summed E-state index contributed by atoms with van der Waals surface area (Å²) >= 11 is 0. The van der Waals surface area contributed by atoms with Crippen LogP contribution in [0.4, 0.5) is 17.1 Å². The molecule has 0 unspecified atom stereocenters. The largest absolute Gasteiger partial charge is 0.457 e. The highest BCUT2D eigenvalue weighted by atomic mass is 16.5. The Morgan fingerprint density at radius 2 is 0.610 bits per heavy atom. The van der Waals surface area contributed by atoms with Gasteiger partial charge in [-0.25, -0.2) is 0 Å². The van der Waals surface area contributed by atoms with Gasteiger partial charge in [0.05, 0.1) is 22.2 Å². The summed E-state index contributed by atoms with van der Waals surface area (Å²) in [5.41, 5.74) is 23.6. The van der Waals surface area contributed by atoms with Crippen LogP contribution in [-0.2, 0) is 10.8 Å². The van der Waals surface area contributed by atoms with E-state index >= 15 is 0 Å². The van der Waals surface area contributed by atoms with Crippen molar-refractivity contribution in [1.29, 1.82) is 0 Å². The Balaban J connectivity index is 0.891. The molecule has 0 aromatic heterocycles. The highest BCUT2D eigenvalue weighted by Gasteiger charge is 2.52. The van der Waals surface area contributed by atoms with Gasteiger partial charge >= 0.3 is 0 Å². The molecular formula is C74H47NO2. The van der Waals surface area contributed by atoms with Crippen molar-refractivity contribution in [1.82, 2.24) is 0 Å². The smallest absolute Gasteiger partial charge is 0.132 e. The molecule has 2 aliphatic heterocycles. The van der Waals surface area contributed by atoms with Crippen molar-refractivity contribution in [3.05, 3.63) is 330 Å². The van der Waals surface area contributed by atoms with Gasteiger partial charge in [-0.05, 0) is 127 Å². The van der Waals surface area contributed by atoms with E-state index in [1.54, 1.807) is 0 Å². The van der Waals surface area contributed by atoms with Gasteiger partial charge in [-0.3, -0.25) is 0 Å². The Labute approximate surface area is 448 Å². The van der Waals surface area contributed by atoms with Crippen LogP contribution in [0.5, 0.6) is 23.0 Å². The van der Waals surface area contributed by atoms with Crippen molar-refractivity contribution in [2.45, 2.75) is 10.8 Å². The summed E-state index contributed by atoms with van der Waals surface area (Å²) in [5.74, 6) is 3.56. The normalized spacial score (nSPS) is 13.9. The van der Waals surface area contributed by atoms with Gasteiger partial charge < -0.3 is 14.4 Å². The first-order valence-corrected chi connectivity index (χ1v) is 26.6. The molecule has 77 heavy (non-hydrogen) atoms. The average Bonchev–Trinajstić information content (AvgIpc) is 4.17. The van der Waals surface area contributed by atoms with Gasteiger partial charge in [0.2, 0.25) is 0 Å². The predicted molar refractivity (Wildman–Crippen MR) is 312 cm³/mol. The van der Waals surface area contributed by atoms with Gasteiger partial charge in [-0.1, -0.05) is 224 Å². The number of hydrogen-bond acceptors (Lipinski definition) is 3. The predicted octanol–water partition coefficient (Wildman–Crippen LogP) is 19.1. The molecule has 0 amide bonds. The monoisotopic (exact) mass is 981 g/mol. The van der Waals surface area contributed by atoms with Gasteiger partial charge in [0.15, 0.2) is 0 Å². The first kappa shape index (κ1) is 43.4. The van der Waals surface area contributed by atoms with Crippen LogP contribution in [0, 0.1) is 0 Å². The minimum Gasteiger partial charge on any atom is -0.457 e. The maximum absolute atomic E-state index is 6.72. The van der Waals surface area contributed by atoms with Crippen LogP contribution in [0.2, 0.25) is 0 Å². The highest BCUT2D eigenvalue weighted by Crippen LogP contribution is 2.64. The number of anilines is 3. The Morgan fingerprint density at radius 3 is 1.18 bits per heavy atom. The van der Waals surface area contributed by atoms with Crippen LogP contribution >= 0.6 is 0 Å². The standard InChI is InChI=1S/C74H47NO2/c1-2-21-48(22-3-1)53-25-6-14-35-67(53)75(52-24-20-23-49(45-52)50-42-44-61-58(46-50)56-28-5-9-30-60(56)73(61)62-31-10-16-37-69(62)76-70-38-17-11-32-63(70)73)68-36-15-7-26-54(68)51-41-43-57-55-27-4-8-29-59(55)74(66(57)47-51)64-33-12-18-39-71(64)77-72-40-19-13-34-65(72)74/h1-47H. The number of ether oxygens (including phenoxy) is 2. The third kappa shape index (κ3) is 6.14. The fourth-order valence-corrected chi connectivity index (χ4v) is 13.7. The van der Waals surface area contributed by atoms with Gasteiger partial charge in [0, 0.05) is 39.1 Å². The second-order valence-electron chi connectivity index (χ2n) is 20.6. The van der Waals surface area contributed by atoms with Gasteiger partial charge in [0.1, 0.15) is 23.0 Å². The van der Waals surface area contributed by atoms with Crippen LogP contribution in [0.1, 0.15) is 44.5 Å². The van der Waals surface area contributed by atoms with E-state index in [2.05, 4.69) is 290 Å². The number of nitrogens with zero attached hydrogens (tertiary/aromatic N) is 1. The quantitative estimate of drug-likeness (QED) is 0.166. The van der Waals surface area contributed by atoms with Crippen molar-refractivity contribution in [3.63, 3.8) is 0 Å². The first-order chi connectivity index (χ1) is 38.2. The van der Waals surface area contributed by atoms with E-state index in [0.717, 1.165) is 95.7 Å². The molecule has 360 valence electrons. The summed E-state index contributed by atoms with van der Waals surface area (Å²) in [6.45, 7) is 0. The first-order valence-electron chi connectivity index (χ1n) is 26.6. The molecule has 12 aromatic carbocycles. The average molecular weight is 982 g/mol. The second-order valence-corrected chi connectivity index (χ2v) is 20.6.